The van der Waals surface area contributed by atoms with E-state index in [1.165, 1.54) is 18.2 Å². The third-order valence-electron chi connectivity index (χ3n) is 5.49. The van der Waals surface area contributed by atoms with Gasteiger partial charge in [0.25, 0.3) is 0 Å². The van der Waals surface area contributed by atoms with Crippen LogP contribution in [0.25, 0.3) is 21.9 Å². The van der Waals surface area contributed by atoms with E-state index in [1.54, 1.807) is 44.2 Å². The van der Waals surface area contributed by atoms with Crippen molar-refractivity contribution in [3.05, 3.63) is 75.9 Å². The number of nitrogens with one attached hydrogen (secondary N) is 1. The first-order valence-corrected chi connectivity index (χ1v) is 12.1. The number of esters is 1. The lowest BCUT2D eigenvalue weighted by atomic mass is 10.1. The minimum atomic E-state index is -3.96. The van der Waals surface area contributed by atoms with Crippen LogP contribution in [0.5, 0.6) is 11.5 Å². The van der Waals surface area contributed by atoms with Gasteiger partial charge in [-0.1, -0.05) is 36.8 Å². The second-order valence-corrected chi connectivity index (χ2v) is 9.73. The third kappa shape index (κ3) is 4.40. The van der Waals surface area contributed by atoms with E-state index < -0.39 is 33.2 Å². The number of ether oxygens (including phenoxy) is 1. The number of phenolic OH excluding ortho intramolecular Hbond substituents is 1. The summed E-state index contributed by atoms with van der Waals surface area (Å²) in [5, 5.41) is 10.8. The van der Waals surface area contributed by atoms with E-state index in [0.717, 1.165) is 17.2 Å². The predicted molar refractivity (Wildman–Crippen MR) is 128 cm³/mol. The van der Waals surface area contributed by atoms with Crippen molar-refractivity contribution < 1.29 is 27.5 Å². The molecule has 0 aliphatic rings. The molecule has 34 heavy (non-hydrogen) atoms. The van der Waals surface area contributed by atoms with Crippen LogP contribution in [0.15, 0.2) is 68.7 Å². The summed E-state index contributed by atoms with van der Waals surface area (Å²) in [4.78, 5) is 25.6. The Labute approximate surface area is 195 Å². The Bertz CT molecular complexity index is 1570. The monoisotopic (exact) mass is 481 g/mol. The van der Waals surface area contributed by atoms with Crippen molar-refractivity contribution in [2.75, 3.05) is 0 Å². The average Bonchev–Trinajstić information content (AvgIpc) is 2.78. The number of hydrogen-bond donors (Lipinski definition) is 2. The number of aromatic hydroxyl groups is 1. The van der Waals surface area contributed by atoms with Crippen LogP contribution in [-0.2, 0) is 14.8 Å². The van der Waals surface area contributed by atoms with E-state index in [9.17, 15) is 23.1 Å². The summed E-state index contributed by atoms with van der Waals surface area (Å²) in [6.07, 6.45) is 0.127. The van der Waals surface area contributed by atoms with Crippen molar-refractivity contribution in [2.45, 2.75) is 38.1 Å². The van der Waals surface area contributed by atoms with Crippen molar-refractivity contribution >= 4 is 37.9 Å². The van der Waals surface area contributed by atoms with Gasteiger partial charge in [-0.3, -0.25) is 4.79 Å². The molecule has 0 fully saturated rings. The predicted octanol–water partition coefficient (Wildman–Crippen LogP) is 3.93. The number of sulfonamides is 1. The number of aryl methyl sites for hydroxylation is 2. The number of benzene rings is 3. The molecule has 176 valence electrons. The lowest BCUT2D eigenvalue weighted by Gasteiger charge is -2.16. The van der Waals surface area contributed by atoms with Crippen LogP contribution < -0.4 is 14.9 Å². The van der Waals surface area contributed by atoms with Crippen molar-refractivity contribution in [3.8, 4) is 11.5 Å². The summed E-state index contributed by atoms with van der Waals surface area (Å²) >= 11 is 0. The standard InChI is InChI=1S/C25H23NO7S/c1-4-19(26-34(30,31)17-10-8-14(2)9-11-17)25(29)32-16-12-20(27)22-21(13-16)33-24-15(3)6-5-7-18(24)23(22)28/h5-13,19,26-27H,4H2,1-3H3. The molecule has 8 nitrogen and oxygen atoms in total. The lowest BCUT2D eigenvalue weighted by molar-refractivity contribution is -0.136. The van der Waals surface area contributed by atoms with Gasteiger partial charge in [0.1, 0.15) is 34.1 Å². The summed E-state index contributed by atoms with van der Waals surface area (Å²) in [6.45, 7) is 5.25. The van der Waals surface area contributed by atoms with E-state index in [1.807, 2.05) is 6.92 Å². The van der Waals surface area contributed by atoms with Gasteiger partial charge in [0, 0.05) is 12.1 Å². The van der Waals surface area contributed by atoms with Crippen LogP contribution in [0.3, 0.4) is 0 Å². The fourth-order valence-corrected chi connectivity index (χ4v) is 4.88. The van der Waals surface area contributed by atoms with Crippen LogP contribution >= 0.6 is 0 Å². The van der Waals surface area contributed by atoms with Crippen molar-refractivity contribution in [1.29, 1.82) is 0 Å². The molecule has 0 radical (unpaired) electrons. The highest BCUT2D eigenvalue weighted by atomic mass is 32.2. The zero-order valence-electron chi connectivity index (χ0n) is 18.8. The van der Waals surface area contributed by atoms with Gasteiger partial charge < -0.3 is 14.3 Å². The van der Waals surface area contributed by atoms with Crippen LogP contribution in [0.4, 0.5) is 0 Å². The maximum atomic E-state index is 12.9. The number of fused-ring (bicyclic) bond motifs is 2. The summed E-state index contributed by atoms with van der Waals surface area (Å²) in [6, 6.07) is 12.6. The number of hydrogen-bond acceptors (Lipinski definition) is 7. The molecule has 4 aromatic rings. The highest BCUT2D eigenvalue weighted by Gasteiger charge is 2.26. The van der Waals surface area contributed by atoms with Crippen LogP contribution in [0.2, 0.25) is 0 Å². The highest BCUT2D eigenvalue weighted by molar-refractivity contribution is 7.89. The Morgan fingerprint density at radius 1 is 1.12 bits per heavy atom. The number of para-hydroxylation sites is 1. The molecule has 1 heterocycles. The van der Waals surface area contributed by atoms with Crippen LogP contribution in [-0.4, -0.2) is 25.5 Å². The Hall–Kier alpha value is -3.69. The topological polar surface area (TPSA) is 123 Å². The first kappa shape index (κ1) is 23.5. The lowest BCUT2D eigenvalue weighted by Crippen LogP contribution is -2.42. The van der Waals surface area contributed by atoms with Crippen molar-refractivity contribution in [1.82, 2.24) is 4.72 Å². The highest BCUT2D eigenvalue weighted by Crippen LogP contribution is 2.31. The molecule has 0 saturated carbocycles. The molecule has 0 spiro atoms. The Morgan fingerprint density at radius 2 is 1.82 bits per heavy atom. The number of rotatable bonds is 6. The summed E-state index contributed by atoms with van der Waals surface area (Å²) in [7, 11) is -3.96. The first-order valence-electron chi connectivity index (χ1n) is 10.6. The molecule has 0 amide bonds. The maximum Gasteiger partial charge on any atom is 0.329 e. The molecule has 4 rings (SSSR count). The van der Waals surface area contributed by atoms with E-state index in [-0.39, 0.29) is 28.0 Å². The molecule has 3 aromatic carbocycles. The molecule has 1 aromatic heterocycles. The quantitative estimate of drug-likeness (QED) is 0.243. The second kappa shape index (κ2) is 8.92. The van der Waals surface area contributed by atoms with Gasteiger partial charge in [-0.05, 0) is 44.0 Å². The van der Waals surface area contributed by atoms with Gasteiger partial charge in [-0.25, -0.2) is 13.2 Å². The molecule has 0 bridgehead atoms. The van der Waals surface area contributed by atoms with E-state index >= 15 is 0 Å². The van der Waals surface area contributed by atoms with Gasteiger partial charge in [0.05, 0.1) is 10.3 Å². The van der Waals surface area contributed by atoms with E-state index in [2.05, 4.69) is 4.72 Å². The summed E-state index contributed by atoms with van der Waals surface area (Å²) in [5.41, 5.74) is 1.63. The summed E-state index contributed by atoms with van der Waals surface area (Å²) in [5.74, 6) is -1.36. The molecule has 1 atom stereocenters. The van der Waals surface area contributed by atoms with E-state index in [4.69, 9.17) is 9.15 Å². The Morgan fingerprint density at radius 3 is 2.50 bits per heavy atom. The number of carbonyl (C=O) groups is 1. The fourth-order valence-electron chi connectivity index (χ4n) is 3.61. The van der Waals surface area contributed by atoms with Crippen LogP contribution in [0, 0.1) is 13.8 Å². The number of carbonyl (C=O) groups excluding carboxylic acids is 1. The molecular formula is C25H23NO7S. The van der Waals surface area contributed by atoms with Crippen molar-refractivity contribution in [2.24, 2.45) is 0 Å². The molecule has 0 saturated heterocycles. The van der Waals surface area contributed by atoms with Gasteiger partial charge in [0.15, 0.2) is 0 Å². The first-order chi connectivity index (χ1) is 16.1. The van der Waals surface area contributed by atoms with Gasteiger partial charge in [-0.15, -0.1) is 0 Å². The normalized spacial score (nSPS) is 12.7. The maximum absolute atomic E-state index is 12.9. The zero-order chi connectivity index (χ0) is 24.6. The average molecular weight is 482 g/mol. The smallest absolute Gasteiger partial charge is 0.329 e. The minimum absolute atomic E-state index is 0.0247. The molecule has 0 aliphatic heterocycles. The molecule has 0 aliphatic carbocycles. The minimum Gasteiger partial charge on any atom is -0.507 e. The largest absolute Gasteiger partial charge is 0.507 e. The van der Waals surface area contributed by atoms with Gasteiger partial charge in [-0.2, -0.15) is 4.72 Å². The molecule has 1 unspecified atom stereocenters. The second-order valence-electron chi connectivity index (χ2n) is 8.01. The van der Waals surface area contributed by atoms with E-state index in [0.29, 0.717) is 11.0 Å². The molecule has 2 N–H and O–H groups in total. The zero-order valence-corrected chi connectivity index (χ0v) is 19.6. The van der Waals surface area contributed by atoms with Gasteiger partial charge >= 0.3 is 5.97 Å². The molecular weight excluding hydrogens is 458 g/mol. The van der Waals surface area contributed by atoms with Crippen molar-refractivity contribution in [3.63, 3.8) is 0 Å². The molecule has 9 heteroatoms. The number of phenols is 1. The SMILES string of the molecule is CCC(NS(=O)(=O)c1ccc(C)cc1)C(=O)Oc1cc(O)c2c(=O)c3cccc(C)c3oc2c1. The Balaban J connectivity index is 1.65. The third-order valence-corrected chi connectivity index (χ3v) is 6.98. The van der Waals surface area contributed by atoms with Gasteiger partial charge in [0.2, 0.25) is 15.5 Å². The Kier molecular flexibility index (Phi) is 6.16. The fraction of sp³-hybridized carbons (Fsp3) is 0.200. The summed E-state index contributed by atoms with van der Waals surface area (Å²) < 4.78 is 38.9. The van der Waals surface area contributed by atoms with Crippen LogP contribution in [0.1, 0.15) is 24.5 Å².